The van der Waals surface area contributed by atoms with Crippen LogP contribution < -0.4 is 5.32 Å². The summed E-state index contributed by atoms with van der Waals surface area (Å²) in [6.45, 7) is 2.90. The van der Waals surface area contributed by atoms with Crippen LogP contribution in [0.3, 0.4) is 0 Å². The molecular formula is C23H24F2N2. The number of rotatable bonds is 6. The van der Waals surface area contributed by atoms with Gasteiger partial charge in [-0.2, -0.15) is 0 Å². The van der Waals surface area contributed by atoms with Crippen LogP contribution >= 0.6 is 0 Å². The van der Waals surface area contributed by atoms with E-state index in [2.05, 4.69) is 10.3 Å². The van der Waals surface area contributed by atoms with Gasteiger partial charge in [0.15, 0.2) is 0 Å². The maximum absolute atomic E-state index is 14.0. The van der Waals surface area contributed by atoms with Crippen molar-refractivity contribution in [2.75, 3.05) is 7.05 Å². The first-order chi connectivity index (χ1) is 12.8. The van der Waals surface area contributed by atoms with Gasteiger partial charge in [0.1, 0.15) is 0 Å². The predicted molar refractivity (Wildman–Crippen MR) is 105 cm³/mol. The van der Waals surface area contributed by atoms with Crippen molar-refractivity contribution in [2.24, 2.45) is 0 Å². The molecule has 1 aromatic heterocycles. The van der Waals surface area contributed by atoms with Crippen LogP contribution in [-0.4, -0.2) is 12.0 Å². The van der Waals surface area contributed by atoms with Crippen molar-refractivity contribution >= 4 is 0 Å². The van der Waals surface area contributed by atoms with Crippen molar-refractivity contribution in [3.05, 3.63) is 101 Å². The van der Waals surface area contributed by atoms with Gasteiger partial charge in [0, 0.05) is 25.1 Å². The molecule has 0 aliphatic rings. The van der Waals surface area contributed by atoms with Gasteiger partial charge in [-0.15, -0.1) is 0 Å². The third-order valence-corrected chi connectivity index (χ3v) is 4.95. The van der Waals surface area contributed by atoms with E-state index >= 15 is 0 Å². The lowest BCUT2D eigenvalue weighted by molar-refractivity contribution is 0.0173. The topological polar surface area (TPSA) is 24.9 Å². The van der Waals surface area contributed by atoms with E-state index in [0.29, 0.717) is 6.42 Å². The number of hydrogen-bond acceptors (Lipinski definition) is 2. The SMILES string of the molecule is CNC(Cc1ccccc1)(c1cccc(C(C)(F)F)c1)c1ccc(C)cn1. The first-order valence-corrected chi connectivity index (χ1v) is 9.00. The number of aryl methyl sites for hydroxylation is 1. The molecule has 0 aliphatic carbocycles. The Hall–Kier alpha value is -2.59. The molecule has 1 unspecified atom stereocenters. The molecule has 0 bridgehead atoms. The molecule has 1 N–H and O–H groups in total. The average molecular weight is 366 g/mol. The molecule has 0 spiro atoms. The fourth-order valence-corrected chi connectivity index (χ4v) is 3.38. The molecule has 0 amide bonds. The highest BCUT2D eigenvalue weighted by Gasteiger charge is 2.36. The maximum atomic E-state index is 14.0. The summed E-state index contributed by atoms with van der Waals surface area (Å²) in [6.07, 6.45) is 2.41. The van der Waals surface area contributed by atoms with Crippen LogP contribution in [0.25, 0.3) is 0 Å². The molecule has 0 fully saturated rings. The van der Waals surface area contributed by atoms with Crippen LogP contribution in [0, 0.1) is 6.92 Å². The summed E-state index contributed by atoms with van der Waals surface area (Å²) in [5, 5.41) is 3.39. The summed E-state index contributed by atoms with van der Waals surface area (Å²) in [4.78, 5) is 4.64. The third kappa shape index (κ3) is 4.06. The molecule has 2 nitrogen and oxygen atoms in total. The second-order valence-electron chi connectivity index (χ2n) is 7.01. The van der Waals surface area contributed by atoms with Gasteiger partial charge in [-0.1, -0.05) is 54.6 Å². The number of alkyl halides is 2. The average Bonchev–Trinajstić information content (AvgIpc) is 2.67. The maximum Gasteiger partial charge on any atom is 0.270 e. The fraction of sp³-hybridized carbons (Fsp3) is 0.261. The molecule has 1 heterocycles. The summed E-state index contributed by atoms with van der Waals surface area (Å²) in [7, 11) is 1.85. The summed E-state index contributed by atoms with van der Waals surface area (Å²) >= 11 is 0. The van der Waals surface area contributed by atoms with Gasteiger partial charge in [0.25, 0.3) is 5.92 Å². The normalized spacial score (nSPS) is 14.0. The Morgan fingerprint density at radius 1 is 0.926 bits per heavy atom. The molecule has 1 atom stereocenters. The van der Waals surface area contributed by atoms with Crippen LogP contribution in [0.5, 0.6) is 0 Å². The van der Waals surface area contributed by atoms with E-state index in [0.717, 1.165) is 29.3 Å². The van der Waals surface area contributed by atoms with Crippen molar-refractivity contribution < 1.29 is 8.78 Å². The highest BCUT2D eigenvalue weighted by atomic mass is 19.3. The standard InChI is InChI=1S/C23H24F2N2/c1-17-12-13-21(27-16-17)23(26-3,15-18-8-5-4-6-9-18)20-11-7-10-19(14-20)22(2,24)25/h4-14,16,26H,15H2,1-3H3. The first-order valence-electron chi connectivity index (χ1n) is 9.00. The van der Waals surface area contributed by atoms with Crippen LogP contribution in [0.1, 0.15) is 34.9 Å². The lowest BCUT2D eigenvalue weighted by Gasteiger charge is -2.35. The lowest BCUT2D eigenvalue weighted by Crippen LogP contribution is -2.44. The van der Waals surface area contributed by atoms with Crippen LogP contribution in [0.15, 0.2) is 72.9 Å². The molecule has 0 aliphatic heterocycles. The molecule has 27 heavy (non-hydrogen) atoms. The Morgan fingerprint density at radius 3 is 2.22 bits per heavy atom. The third-order valence-electron chi connectivity index (χ3n) is 4.95. The van der Waals surface area contributed by atoms with E-state index in [1.165, 1.54) is 6.07 Å². The molecule has 3 aromatic rings. The van der Waals surface area contributed by atoms with E-state index in [4.69, 9.17) is 0 Å². The molecule has 0 radical (unpaired) electrons. The number of hydrogen-bond donors (Lipinski definition) is 1. The zero-order valence-corrected chi connectivity index (χ0v) is 15.8. The minimum atomic E-state index is -2.90. The van der Waals surface area contributed by atoms with Gasteiger partial charge in [-0.05, 0) is 42.8 Å². The Labute approximate surface area is 159 Å². The van der Waals surface area contributed by atoms with E-state index in [1.807, 2.05) is 68.7 Å². The highest BCUT2D eigenvalue weighted by molar-refractivity contribution is 5.41. The van der Waals surface area contributed by atoms with E-state index in [9.17, 15) is 8.78 Å². The second kappa shape index (κ2) is 7.57. The summed E-state index contributed by atoms with van der Waals surface area (Å²) in [5.41, 5.74) is 3.01. The van der Waals surface area contributed by atoms with Gasteiger partial charge < -0.3 is 5.32 Å². The quantitative estimate of drug-likeness (QED) is 0.648. The van der Waals surface area contributed by atoms with Crippen LogP contribution in [-0.2, 0) is 17.9 Å². The molecule has 140 valence electrons. The smallest absolute Gasteiger partial charge is 0.270 e. The minimum absolute atomic E-state index is 0.000187. The molecule has 0 saturated carbocycles. The molecular weight excluding hydrogens is 342 g/mol. The molecule has 2 aromatic carbocycles. The number of nitrogens with zero attached hydrogens (tertiary/aromatic N) is 1. The second-order valence-corrected chi connectivity index (χ2v) is 7.01. The predicted octanol–water partition coefficient (Wildman–Crippen LogP) is 5.21. The van der Waals surface area contributed by atoms with Gasteiger partial charge in [0.2, 0.25) is 0 Å². The lowest BCUT2D eigenvalue weighted by atomic mass is 9.79. The summed E-state index contributed by atoms with van der Waals surface area (Å²) in [5.74, 6) is -2.90. The van der Waals surface area contributed by atoms with Crippen molar-refractivity contribution in [3.8, 4) is 0 Å². The van der Waals surface area contributed by atoms with E-state index in [1.54, 1.807) is 12.1 Å². The number of nitrogens with one attached hydrogen (secondary N) is 1. The van der Waals surface area contributed by atoms with E-state index < -0.39 is 11.5 Å². The molecule has 0 saturated heterocycles. The Balaban J connectivity index is 2.19. The number of pyridine rings is 1. The minimum Gasteiger partial charge on any atom is -0.305 e. The number of likely N-dealkylation sites (N-methyl/N-ethyl adjacent to an activating group) is 1. The Kier molecular flexibility index (Phi) is 5.38. The monoisotopic (exact) mass is 366 g/mol. The summed E-state index contributed by atoms with van der Waals surface area (Å²) in [6, 6.07) is 20.6. The largest absolute Gasteiger partial charge is 0.305 e. The highest BCUT2D eigenvalue weighted by Crippen LogP contribution is 2.35. The Bertz CT molecular complexity index is 886. The zero-order valence-electron chi connectivity index (χ0n) is 15.8. The van der Waals surface area contributed by atoms with E-state index in [-0.39, 0.29) is 5.56 Å². The number of halogens is 2. The van der Waals surface area contributed by atoms with Crippen molar-refractivity contribution in [3.63, 3.8) is 0 Å². The first kappa shape index (κ1) is 19.2. The number of aromatic nitrogens is 1. The van der Waals surface area contributed by atoms with Crippen molar-refractivity contribution in [1.29, 1.82) is 0 Å². The van der Waals surface area contributed by atoms with Gasteiger partial charge in [-0.3, -0.25) is 4.98 Å². The fourth-order valence-electron chi connectivity index (χ4n) is 3.38. The Morgan fingerprint density at radius 2 is 1.63 bits per heavy atom. The zero-order chi connectivity index (χ0) is 19.5. The molecule has 4 heteroatoms. The molecule has 3 rings (SSSR count). The van der Waals surface area contributed by atoms with Gasteiger partial charge in [0.05, 0.1) is 11.2 Å². The van der Waals surface area contributed by atoms with Gasteiger partial charge >= 0.3 is 0 Å². The van der Waals surface area contributed by atoms with Crippen molar-refractivity contribution in [2.45, 2.75) is 31.7 Å². The van der Waals surface area contributed by atoms with Crippen LogP contribution in [0.4, 0.5) is 8.78 Å². The van der Waals surface area contributed by atoms with Gasteiger partial charge in [-0.25, -0.2) is 8.78 Å². The van der Waals surface area contributed by atoms with Crippen LogP contribution in [0.2, 0.25) is 0 Å². The van der Waals surface area contributed by atoms with Crippen molar-refractivity contribution in [1.82, 2.24) is 10.3 Å². The number of benzene rings is 2. The summed E-state index contributed by atoms with van der Waals surface area (Å²) < 4.78 is 27.9.